The van der Waals surface area contributed by atoms with Crippen molar-refractivity contribution in [3.05, 3.63) is 11.3 Å². The predicted molar refractivity (Wildman–Crippen MR) is 89.9 cm³/mol. The standard InChI is InChI=1S/C17H27NO3Si/c1-5-21-16(19)18-12-7-8-14-15(18)9-6-10-17(14,20)11-13-22(2,3)4/h20H,5-10,12H2,1-4H3. The molecule has 1 N–H and O–H groups in total. The molecule has 5 heteroatoms. The summed E-state index contributed by atoms with van der Waals surface area (Å²) < 4.78 is 5.15. The van der Waals surface area contributed by atoms with E-state index in [9.17, 15) is 9.90 Å². The Kier molecular flexibility index (Phi) is 5.03. The Labute approximate surface area is 134 Å². The molecule has 1 aliphatic carbocycles. The van der Waals surface area contributed by atoms with Crippen LogP contribution in [0.2, 0.25) is 19.6 Å². The lowest BCUT2D eigenvalue weighted by Gasteiger charge is -2.40. The second-order valence-corrected chi connectivity index (χ2v) is 11.8. The lowest BCUT2D eigenvalue weighted by molar-refractivity contribution is 0.0863. The summed E-state index contributed by atoms with van der Waals surface area (Å²) in [4.78, 5) is 13.9. The lowest BCUT2D eigenvalue weighted by Crippen LogP contribution is -2.43. The SMILES string of the molecule is CCOC(=O)N1CCCC2=C1CCCC2(O)C#C[Si](C)(C)C. The van der Waals surface area contributed by atoms with Gasteiger partial charge in [-0.2, -0.15) is 0 Å². The van der Waals surface area contributed by atoms with E-state index in [1.807, 2.05) is 6.92 Å². The van der Waals surface area contributed by atoms with E-state index in [4.69, 9.17) is 4.74 Å². The molecule has 1 atom stereocenters. The number of carbonyl (C=O) groups excluding carboxylic acids is 1. The molecule has 0 aromatic heterocycles. The van der Waals surface area contributed by atoms with Gasteiger partial charge in [-0.25, -0.2) is 4.79 Å². The molecule has 0 spiro atoms. The Bertz CT molecular complexity index is 538. The summed E-state index contributed by atoms with van der Waals surface area (Å²) in [5.41, 5.74) is 4.14. The predicted octanol–water partition coefficient (Wildman–Crippen LogP) is 3.29. The molecule has 0 bridgehead atoms. The van der Waals surface area contributed by atoms with Crippen LogP contribution in [0.15, 0.2) is 11.3 Å². The summed E-state index contributed by atoms with van der Waals surface area (Å²) in [6.07, 6.45) is 3.73. The van der Waals surface area contributed by atoms with Gasteiger partial charge in [0.1, 0.15) is 13.7 Å². The highest BCUT2D eigenvalue weighted by atomic mass is 28.3. The fourth-order valence-corrected chi connectivity index (χ4v) is 3.66. The van der Waals surface area contributed by atoms with Gasteiger partial charge in [0.05, 0.1) is 6.61 Å². The molecule has 1 aliphatic heterocycles. The van der Waals surface area contributed by atoms with Gasteiger partial charge < -0.3 is 9.84 Å². The van der Waals surface area contributed by atoms with Crippen molar-refractivity contribution in [3.63, 3.8) is 0 Å². The molecule has 1 heterocycles. The third-order valence-corrected chi connectivity index (χ3v) is 4.94. The maximum Gasteiger partial charge on any atom is 0.414 e. The van der Waals surface area contributed by atoms with Crippen LogP contribution in [0.3, 0.4) is 0 Å². The number of hydrogen-bond donors (Lipinski definition) is 1. The summed E-state index contributed by atoms with van der Waals surface area (Å²) in [6, 6.07) is 0. The van der Waals surface area contributed by atoms with Crippen LogP contribution in [-0.4, -0.2) is 42.9 Å². The average molecular weight is 321 g/mol. The summed E-state index contributed by atoms with van der Waals surface area (Å²) in [7, 11) is -1.55. The number of nitrogens with zero attached hydrogens (tertiary/aromatic N) is 1. The Hall–Kier alpha value is -1.25. The summed E-state index contributed by atoms with van der Waals surface area (Å²) in [5, 5.41) is 11.1. The molecule has 0 fully saturated rings. The Morgan fingerprint density at radius 3 is 2.73 bits per heavy atom. The van der Waals surface area contributed by atoms with Crippen molar-refractivity contribution in [3.8, 4) is 11.5 Å². The largest absolute Gasteiger partial charge is 0.449 e. The molecule has 0 aromatic rings. The van der Waals surface area contributed by atoms with E-state index in [0.29, 0.717) is 19.6 Å². The number of rotatable bonds is 1. The van der Waals surface area contributed by atoms with E-state index in [1.165, 1.54) is 0 Å². The first-order valence-electron chi connectivity index (χ1n) is 8.20. The van der Waals surface area contributed by atoms with Crippen molar-refractivity contribution < 1.29 is 14.6 Å². The maximum atomic E-state index is 12.1. The third-order valence-electron chi connectivity index (χ3n) is 4.07. The zero-order valence-electron chi connectivity index (χ0n) is 14.2. The zero-order chi connectivity index (χ0) is 16.4. The first kappa shape index (κ1) is 17.1. The molecule has 0 saturated carbocycles. The zero-order valence-corrected chi connectivity index (χ0v) is 15.2. The van der Waals surface area contributed by atoms with Crippen molar-refractivity contribution in [2.24, 2.45) is 0 Å². The fraction of sp³-hybridized carbons (Fsp3) is 0.706. The Balaban J connectivity index is 2.37. The number of hydrogen-bond acceptors (Lipinski definition) is 3. The van der Waals surface area contributed by atoms with Crippen molar-refractivity contribution in [1.82, 2.24) is 4.90 Å². The highest BCUT2D eigenvalue weighted by molar-refractivity contribution is 6.83. The van der Waals surface area contributed by atoms with Gasteiger partial charge in [-0.15, -0.1) is 5.54 Å². The van der Waals surface area contributed by atoms with Crippen LogP contribution in [-0.2, 0) is 4.74 Å². The van der Waals surface area contributed by atoms with Crippen LogP contribution in [0.1, 0.15) is 39.0 Å². The molecule has 1 amide bonds. The highest BCUT2D eigenvalue weighted by Gasteiger charge is 2.40. The van der Waals surface area contributed by atoms with Crippen molar-refractivity contribution in [2.45, 2.75) is 64.3 Å². The van der Waals surface area contributed by atoms with Gasteiger partial charge in [0.2, 0.25) is 0 Å². The molecule has 122 valence electrons. The first-order chi connectivity index (χ1) is 10.3. The molecule has 1 unspecified atom stereocenters. The van der Waals surface area contributed by atoms with Gasteiger partial charge in [0.15, 0.2) is 0 Å². The van der Waals surface area contributed by atoms with E-state index in [1.54, 1.807) is 4.90 Å². The Morgan fingerprint density at radius 1 is 1.36 bits per heavy atom. The van der Waals surface area contributed by atoms with E-state index < -0.39 is 13.7 Å². The van der Waals surface area contributed by atoms with E-state index in [2.05, 4.69) is 31.1 Å². The van der Waals surface area contributed by atoms with Gasteiger partial charge >= 0.3 is 6.09 Å². The maximum absolute atomic E-state index is 12.1. The second-order valence-electron chi connectivity index (χ2n) is 7.09. The number of aliphatic hydroxyl groups is 1. The minimum atomic E-state index is -1.55. The molecule has 0 radical (unpaired) electrons. The first-order valence-corrected chi connectivity index (χ1v) is 11.7. The summed E-state index contributed by atoms with van der Waals surface area (Å²) in [5.74, 6) is 3.16. The quantitative estimate of drug-likeness (QED) is 0.595. The van der Waals surface area contributed by atoms with E-state index in [-0.39, 0.29) is 6.09 Å². The van der Waals surface area contributed by atoms with Crippen molar-refractivity contribution in [1.29, 1.82) is 0 Å². The normalized spacial score (nSPS) is 25.2. The molecule has 2 rings (SSSR count). The molecule has 0 saturated heterocycles. The van der Waals surface area contributed by atoms with E-state index >= 15 is 0 Å². The van der Waals surface area contributed by atoms with Crippen LogP contribution in [0, 0.1) is 11.5 Å². The van der Waals surface area contributed by atoms with Gasteiger partial charge in [-0.3, -0.25) is 4.90 Å². The average Bonchev–Trinajstić information content (AvgIpc) is 2.45. The lowest BCUT2D eigenvalue weighted by atomic mass is 9.78. The number of ether oxygens (including phenoxy) is 1. The molecular formula is C17H27NO3Si. The second kappa shape index (κ2) is 6.47. The summed E-state index contributed by atoms with van der Waals surface area (Å²) >= 11 is 0. The van der Waals surface area contributed by atoms with Crippen molar-refractivity contribution in [2.75, 3.05) is 13.2 Å². The number of allylic oxidation sites excluding steroid dienone is 1. The van der Waals surface area contributed by atoms with Crippen LogP contribution in [0.25, 0.3) is 0 Å². The fourth-order valence-electron chi connectivity index (χ4n) is 3.08. The van der Waals surface area contributed by atoms with Crippen LogP contribution < -0.4 is 0 Å². The smallest absolute Gasteiger partial charge is 0.414 e. The van der Waals surface area contributed by atoms with Gasteiger partial charge in [-0.05, 0) is 44.6 Å². The van der Waals surface area contributed by atoms with Crippen LogP contribution >= 0.6 is 0 Å². The Morgan fingerprint density at radius 2 is 2.09 bits per heavy atom. The van der Waals surface area contributed by atoms with Crippen LogP contribution in [0.4, 0.5) is 4.79 Å². The van der Waals surface area contributed by atoms with Gasteiger partial charge in [0.25, 0.3) is 0 Å². The molecule has 4 nitrogen and oxygen atoms in total. The number of carbonyl (C=O) groups is 1. The minimum absolute atomic E-state index is 0.294. The minimum Gasteiger partial charge on any atom is -0.449 e. The third kappa shape index (κ3) is 3.74. The molecular weight excluding hydrogens is 294 g/mol. The molecule has 22 heavy (non-hydrogen) atoms. The van der Waals surface area contributed by atoms with Gasteiger partial charge in [-0.1, -0.05) is 25.6 Å². The monoisotopic (exact) mass is 321 g/mol. The van der Waals surface area contributed by atoms with Crippen LogP contribution in [0.5, 0.6) is 0 Å². The van der Waals surface area contributed by atoms with Gasteiger partial charge in [0, 0.05) is 12.2 Å². The highest BCUT2D eigenvalue weighted by Crippen LogP contribution is 2.40. The molecule has 0 aromatic carbocycles. The van der Waals surface area contributed by atoms with Crippen molar-refractivity contribution >= 4 is 14.2 Å². The number of amides is 1. The van der Waals surface area contributed by atoms with E-state index in [0.717, 1.165) is 37.0 Å². The summed E-state index contributed by atoms with van der Waals surface area (Å²) in [6.45, 7) is 9.38. The topological polar surface area (TPSA) is 49.8 Å². The molecule has 2 aliphatic rings.